The molecule has 1 aliphatic carbocycles. The summed E-state index contributed by atoms with van der Waals surface area (Å²) >= 11 is 12.0. The van der Waals surface area contributed by atoms with Crippen molar-refractivity contribution in [2.24, 2.45) is 11.8 Å². The molecule has 0 bridgehead atoms. The summed E-state index contributed by atoms with van der Waals surface area (Å²) in [6, 6.07) is 4.70. The Bertz CT molecular complexity index is 800. The fourth-order valence-electron chi connectivity index (χ4n) is 4.21. The van der Waals surface area contributed by atoms with Gasteiger partial charge in [-0.1, -0.05) is 36.5 Å². The van der Waals surface area contributed by atoms with Crippen LogP contribution < -0.4 is 5.32 Å². The molecule has 0 radical (unpaired) electrons. The Morgan fingerprint density at radius 3 is 2.36 bits per heavy atom. The highest BCUT2D eigenvalue weighted by molar-refractivity contribution is 7.89. The molecule has 8 heteroatoms. The molecule has 1 N–H and O–H groups in total. The number of carbonyl (C=O) groups is 1. The molecule has 0 aromatic heterocycles. The van der Waals surface area contributed by atoms with Gasteiger partial charge in [0, 0.05) is 30.1 Å². The van der Waals surface area contributed by atoms with Crippen molar-refractivity contribution in [3.8, 4) is 0 Å². The quantitative estimate of drug-likeness (QED) is 0.724. The van der Waals surface area contributed by atoms with Crippen LogP contribution in [0.1, 0.15) is 51.9 Å². The van der Waals surface area contributed by atoms with Gasteiger partial charge in [0.05, 0.1) is 5.02 Å². The molecule has 1 aromatic rings. The number of carbonyl (C=O) groups excluding carboxylic acids is 1. The van der Waals surface area contributed by atoms with E-state index in [9.17, 15) is 13.2 Å². The molecule has 0 spiro atoms. The van der Waals surface area contributed by atoms with Crippen LogP contribution in [0.3, 0.4) is 0 Å². The first-order chi connectivity index (χ1) is 13.3. The zero-order valence-electron chi connectivity index (χ0n) is 16.2. The van der Waals surface area contributed by atoms with E-state index in [2.05, 4.69) is 12.2 Å². The van der Waals surface area contributed by atoms with Crippen molar-refractivity contribution in [3.63, 3.8) is 0 Å². The first-order valence-corrected chi connectivity index (χ1v) is 12.3. The Balaban J connectivity index is 1.55. The van der Waals surface area contributed by atoms with Crippen molar-refractivity contribution in [1.82, 2.24) is 9.62 Å². The molecular weight excluding hydrogens is 419 g/mol. The van der Waals surface area contributed by atoms with E-state index in [1.54, 1.807) is 6.07 Å². The molecule has 0 unspecified atom stereocenters. The van der Waals surface area contributed by atoms with Crippen molar-refractivity contribution in [3.05, 3.63) is 28.2 Å². The van der Waals surface area contributed by atoms with Gasteiger partial charge in [-0.05, 0) is 62.6 Å². The number of amides is 1. The fourth-order valence-corrected chi connectivity index (χ4v) is 6.41. The number of nitrogens with one attached hydrogen (secondary N) is 1. The highest BCUT2D eigenvalue weighted by atomic mass is 35.5. The maximum atomic E-state index is 12.9. The average Bonchev–Trinajstić information content (AvgIpc) is 2.70. The third kappa shape index (κ3) is 5.02. The average molecular weight is 447 g/mol. The van der Waals surface area contributed by atoms with Crippen LogP contribution in [0.5, 0.6) is 0 Å². The number of hydrogen-bond acceptors (Lipinski definition) is 3. The van der Waals surface area contributed by atoms with Crippen molar-refractivity contribution < 1.29 is 13.2 Å². The van der Waals surface area contributed by atoms with Gasteiger partial charge < -0.3 is 5.32 Å². The van der Waals surface area contributed by atoms with Gasteiger partial charge in [-0.3, -0.25) is 4.79 Å². The third-order valence-corrected chi connectivity index (χ3v) is 8.72. The smallest absolute Gasteiger partial charge is 0.244 e. The van der Waals surface area contributed by atoms with E-state index >= 15 is 0 Å². The van der Waals surface area contributed by atoms with Crippen LogP contribution in [-0.2, 0) is 14.8 Å². The monoisotopic (exact) mass is 446 g/mol. The maximum Gasteiger partial charge on any atom is 0.244 e. The first-order valence-electron chi connectivity index (χ1n) is 10.1. The van der Waals surface area contributed by atoms with Crippen LogP contribution in [-0.4, -0.2) is 37.8 Å². The summed E-state index contributed by atoms with van der Waals surface area (Å²) < 4.78 is 27.2. The van der Waals surface area contributed by atoms with Crippen LogP contribution >= 0.6 is 23.2 Å². The second kappa shape index (κ2) is 9.33. The molecule has 1 heterocycles. The van der Waals surface area contributed by atoms with E-state index in [1.807, 2.05) is 0 Å². The SMILES string of the molecule is CCC1CCC(NC(=O)C2CCN(S(=O)(=O)c3cc(Cl)ccc3Cl)CC2)CC1. The number of sulfonamides is 1. The minimum absolute atomic E-state index is 0.0252. The topological polar surface area (TPSA) is 66.5 Å². The Hall–Kier alpha value is -0.820. The fraction of sp³-hybridized carbons (Fsp3) is 0.650. The molecule has 2 fully saturated rings. The number of piperidine rings is 1. The van der Waals surface area contributed by atoms with E-state index in [1.165, 1.54) is 35.7 Å². The Morgan fingerprint density at radius 1 is 1.11 bits per heavy atom. The summed E-state index contributed by atoms with van der Waals surface area (Å²) in [5.74, 6) is 0.725. The minimum atomic E-state index is -3.72. The number of halogens is 2. The van der Waals surface area contributed by atoms with Crippen LogP contribution in [0.2, 0.25) is 10.0 Å². The lowest BCUT2D eigenvalue weighted by molar-refractivity contribution is -0.127. The summed E-state index contributed by atoms with van der Waals surface area (Å²) in [6.45, 7) is 2.85. The molecule has 1 aromatic carbocycles. The van der Waals surface area contributed by atoms with Gasteiger partial charge in [0.15, 0.2) is 0 Å². The second-order valence-corrected chi connectivity index (χ2v) is 10.6. The summed E-state index contributed by atoms with van der Waals surface area (Å²) in [5.41, 5.74) is 0. The minimum Gasteiger partial charge on any atom is -0.353 e. The molecule has 0 atom stereocenters. The second-order valence-electron chi connectivity index (χ2n) is 7.89. The normalized spacial score (nSPS) is 24.8. The zero-order chi connectivity index (χ0) is 20.3. The molecule has 1 aliphatic heterocycles. The van der Waals surface area contributed by atoms with Gasteiger partial charge in [0.25, 0.3) is 0 Å². The standard InChI is InChI=1S/C20H28Cl2N2O3S/c1-2-14-3-6-17(7-4-14)23-20(25)15-9-11-24(12-10-15)28(26,27)19-13-16(21)5-8-18(19)22/h5,8,13-15,17H,2-4,6-7,9-12H2,1H3,(H,23,25). The van der Waals surface area contributed by atoms with Crippen LogP contribution in [0.4, 0.5) is 0 Å². The van der Waals surface area contributed by atoms with Crippen molar-refractivity contribution in [1.29, 1.82) is 0 Å². The van der Waals surface area contributed by atoms with Gasteiger partial charge in [-0.25, -0.2) is 8.42 Å². The lowest BCUT2D eigenvalue weighted by Gasteiger charge is -2.33. The van der Waals surface area contributed by atoms with Gasteiger partial charge in [-0.15, -0.1) is 0 Å². The molecule has 1 saturated heterocycles. The van der Waals surface area contributed by atoms with Crippen molar-refractivity contribution in [2.75, 3.05) is 13.1 Å². The van der Waals surface area contributed by atoms with Crippen LogP contribution in [0.25, 0.3) is 0 Å². The number of hydrogen-bond donors (Lipinski definition) is 1. The third-order valence-electron chi connectivity index (χ3n) is 6.11. The van der Waals surface area contributed by atoms with E-state index in [0.717, 1.165) is 18.8 Å². The van der Waals surface area contributed by atoms with Gasteiger partial charge in [0.1, 0.15) is 4.90 Å². The van der Waals surface area contributed by atoms with Crippen LogP contribution in [0, 0.1) is 11.8 Å². The first kappa shape index (κ1) is 21.9. The number of benzene rings is 1. The van der Waals surface area contributed by atoms with Gasteiger partial charge in [0.2, 0.25) is 15.9 Å². The zero-order valence-corrected chi connectivity index (χ0v) is 18.5. The number of rotatable bonds is 5. The highest BCUT2D eigenvalue weighted by Gasteiger charge is 2.34. The Morgan fingerprint density at radius 2 is 1.75 bits per heavy atom. The van der Waals surface area contributed by atoms with Crippen molar-refractivity contribution in [2.45, 2.75) is 62.8 Å². The summed E-state index contributed by atoms with van der Waals surface area (Å²) in [6.07, 6.45) is 6.71. The molecule has 2 aliphatic rings. The highest BCUT2D eigenvalue weighted by Crippen LogP contribution is 2.31. The lowest BCUT2D eigenvalue weighted by Crippen LogP contribution is -2.46. The Kier molecular flexibility index (Phi) is 7.29. The molecular formula is C20H28Cl2N2O3S. The predicted octanol–water partition coefficient (Wildman–Crippen LogP) is 4.48. The predicted molar refractivity (Wildman–Crippen MR) is 112 cm³/mol. The van der Waals surface area contributed by atoms with Gasteiger partial charge in [-0.2, -0.15) is 4.31 Å². The van der Waals surface area contributed by atoms with Gasteiger partial charge >= 0.3 is 0 Å². The maximum absolute atomic E-state index is 12.9. The molecule has 1 saturated carbocycles. The molecule has 156 valence electrons. The Labute approximate surface area is 177 Å². The summed E-state index contributed by atoms with van der Waals surface area (Å²) in [7, 11) is -3.72. The molecule has 5 nitrogen and oxygen atoms in total. The summed E-state index contributed by atoms with van der Waals surface area (Å²) in [5, 5.41) is 3.68. The van der Waals surface area contributed by atoms with E-state index in [0.29, 0.717) is 31.0 Å². The molecule has 1 amide bonds. The van der Waals surface area contributed by atoms with Crippen LogP contribution in [0.15, 0.2) is 23.1 Å². The largest absolute Gasteiger partial charge is 0.353 e. The van der Waals surface area contributed by atoms with E-state index in [4.69, 9.17) is 23.2 Å². The van der Waals surface area contributed by atoms with E-state index < -0.39 is 10.0 Å². The number of nitrogens with zero attached hydrogens (tertiary/aromatic N) is 1. The van der Waals surface area contributed by atoms with E-state index in [-0.39, 0.29) is 27.8 Å². The molecule has 3 rings (SSSR count). The van der Waals surface area contributed by atoms with Crippen molar-refractivity contribution >= 4 is 39.1 Å². The lowest BCUT2D eigenvalue weighted by atomic mass is 9.84. The summed E-state index contributed by atoms with van der Waals surface area (Å²) in [4.78, 5) is 12.7. The molecule has 28 heavy (non-hydrogen) atoms.